The Balaban J connectivity index is 2.58. The number of amides is 2. The Labute approximate surface area is 109 Å². The maximum absolute atomic E-state index is 12.2. The number of hydrogen-bond acceptors (Lipinski definition) is 3. The van der Waals surface area contributed by atoms with E-state index in [1.165, 1.54) is 0 Å². The summed E-state index contributed by atoms with van der Waals surface area (Å²) in [5.41, 5.74) is 5.12. The minimum atomic E-state index is -0.439. The summed E-state index contributed by atoms with van der Waals surface area (Å²) in [4.78, 5) is 24.9. The lowest BCUT2D eigenvalue weighted by Crippen LogP contribution is -2.50. The first-order valence-electron chi connectivity index (χ1n) is 6.62. The molecule has 0 heterocycles. The summed E-state index contributed by atoms with van der Waals surface area (Å²) in [6, 6.07) is 0.187. The lowest BCUT2D eigenvalue weighted by molar-refractivity contribution is -0.136. The maximum atomic E-state index is 12.2. The Morgan fingerprint density at radius 3 is 2.28 bits per heavy atom. The average Bonchev–Trinajstić information content (AvgIpc) is 2.74. The second-order valence-corrected chi connectivity index (χ2v) is 6.03. The van der Waals surface area contributed by atoms with E-state index in [-0.39, 0.29) is 30.6 Å². The first kappa shape index (κ1) is 15.0. The van der Waals surface area contributed by atoms with Gasteiger partial charge in [-0.2, -0.15) is 0 Å². The lowest BCUT2D eigenvalue weighted by Gasteiger charge is -2.29. The highest BCUT2D eigenvalue weighted by atomic mass is 16.2. The van der Waals surface area contributed by atoms with Crippen LogP contribution in [0.5, 0.6) is 0 Å². The van der Waals surface area contributed by atoms with Crippen LogP contribution in [0.4, 0.5) is 0 Å². The minimum absolute atomic E-state index is 0.0318. The molecule has 5 nitrogen and oxygen atoms in total. The van der Waals surface area contributed by atoms with E-state index in [9.17, 15) is 9.59 Å². The summed E-state index contributed by atoms with van der Waals surface area (Å²) in [5.74, 6) is -0.471. The van der Waals surface area contributed by atoms with Crippen molar-refractivity contribution in [1.82, 2.24) is 10.2 Å². The van der Waals surface area contributed by atoms with Crippen LogP contribution in [0.25, 0.3) is 0 Å². The zero-order valence-corrected chi connectivity index (χ0v) is 11.7. The molecule has 0 bridgehead atoms. The van der Waals surface area contributed by atoms with E-state index < -0.39 is 5.91 Å². The van der Waals surface area contributed by atoms with Crippen LogP contribution in [-0.4, -0.2) is 41.4 Å². The number of carbonyl (C=O) groups is 2. The highest BCUT2D eigenvalue weighted by molar-refractivity contribution is 5.85. The predicted octanol–water partition coefficient (Wildman–Crippen LogP) is 0.631. The van der Waals surface area contributed by atoms with E-state index in [1.54, 1.807) is 4.90 Å². The van der Waals surface area contributed by atoms with E-state index in [1.807, 2.05) is 20.8 Å². The van der Waals surface area contributed by atoms with Crippen molar-refractivity contribution in [2.45, 2.75) is 58.0 Å². The Kier molecular flexibility index (Phi) is 5.14. The van der Waals surface area contributed by atoms with Gasteiger partial charge in [0.1, 0.15) is 0 Å². The lowest BCUT2D eigenvalue weighted by atomic mass is 10.1. The van der Waals surface area contributed by atoms with Crippen LogP contribution in [0.1, 0.15) is 46.5 Å². The molecule has 0 radical (unpaired) electrons. The largest absolute Gasteiger partial charge is 0.368 e. The van der Waals surface area contributed by atoms with E-state index in [2.05, 4.69) is 5.32 Å². The number of nitrogens with two attached hydrogens (primary N) is 1. The van der Waals surface area contributed by atoms with Crippen molar-refractivity contribution in [3.8, 4) is 0 Å². The van der Waals surface area contributed by atoms with Crippen LogP contribution in [-0.2, 0) is 9.59 Å². The summed E-state index contributed by atoms with van der Waals surface area (Å²) < 4.78 is 0. The van der Waals surface area contributed by atoms with E-state index in [4.69, 9.17) is 5.73 Å². The van der Waals surface area contributed by atoms with Crippen LogP contribution in [0.2, 0.25) is 0 Å². The van der Waals surface area contributed by atoms with Crippen molar-refractivity contribution in [2.75, 3.05) is 13.1 Å². The molecule has 5 heteroatoms. The SMILES string of the molecule is CC(C)(C)NCC(=O)N(CC(N)=O)C1CCCC1. The normalized spacial score (nSPS) is 16.8. The number of nitrogens with zero attached hydrogens (tertiary/aromatic N) is 1. The van der Waals surface area contributed by atoms with Crippen molar-refractivity contribution < 1.29 is 9.59 Å². The molecule has 0 aromatic heterocycles. The minimum Gasteiger partial charge on any atom is -0.368 e. The van der Waals surface area contributed by atoms with Gasteiger partial charge in [0.05, 0.1) is 13.1 Å². The zero-order valence-electron chi connectivity index (χ0n) is 11.7. The van der Waals surface area contributed by atoms with Crippen molar-refractivity contribution in [1.29, 1.82) is 0 Å². The van der Waals surface area contributed by atoms with Gasteiger partial charge < -0.3 is 16.0 Å². The van der Waals surface area contributed by atoms with E-state index >= 15 is 0 Å². The van der Waals surface area contributed by atoms with Gasteiger partial charge in [-0.05, 0) is 33.6 Å². The third-order valence-electron chi connectivity index (χ3n) is 3.18. The van der Waals surface area contributed by atoms with Gasteiger partial charge in [0.25, 0.3) is 0 Å². The topological polar surface area (TPSA) is 75.4 Å². The van der Waals surface area contributed by atoms with Crippen LogP contribution in [0, 0.1) is 0 Å². The van der Waals surface area contributed by atoms with Crippen LogP contribution >= 0.6 is 0 Å². The Morgan fingerprint density at radius 1 is 1.28 bits per heavy atom. The summed E-state index contributed by atoms with van der Waals surface area (Å²) in [6.07, 6.45) is 4.21. The number of carbonyl (C=O) groups excluding carboxylic acids is 2. The summed E-state index contributed by atoms with van der Waals surface area (Å²) >= 11 is 0. The van der Waals surface area contributed by atoms with E-state index in [0.29, 0.717) is 0 Å². The fourth-order valence-electron chi connectivity index (χ4n) is 2.25. The quantitative estimate of drug-likeness (QED) is 0.756. The zero-order chi connectivity index (χ0) is 13.8. The highest BCUT2D eigenvalue weighted by Gasteiger charge is 2.28. The third kappa shape index (κ3) is 5.04. The molecule has 1 saturated carbocycles. The average molecular weight is 255 g/mol. The molecule has 18 heavy (non-hydrogen) atoms. The van der Waals surface area contributed by atoms with Gasteiger partial charge in [0, 0.05) is 11.6 Å². The first-order valence-corrected chi connectivity index (χ1v) is 6.62. The maximum Gasteiger partial charge on any atom is 0.237 e. The summed E-state index contributed by atoms with van der Waals surface area (Å²) in [7, 11) is 0. The van der Waals surface area contributed by atoms with Crippen molar-refractivity contribution >= 4 is 11.8 Å². The van der Waals surface area contributed by atoms with Gasteiger partial charge in [0.2, 0.25) is 11.8 Å². The second-order valence-electron chi connectivity index (χ2n) is 6.03. The molecular formula is C13H25N3O2. The summed E-state index contributed by atoms with van der Waals surface area (Å²) in [6.45, 7) is 6.32. The molecule has 3 N–H and O–H groups in total. The van der Waals surface area contributed by atoms with Crippen LogP contribution in [0.15, 0.2) is 0 Å². The second kappa shape index (κ2) is 6.18. The molecule has 0 aromatic rings. The van der Waals surface area contributed by atoms with Crippen molar-refractivity contribution in [3.05, 3.63) is 0 Å². The molecular weight excluding hydrogens is 230 g/mol. The molecule has 104 valence electrons. The molecule has 0 unspecified atom stereocenters. The molecule has 2 amide bonds. The fourth-order valence-corrected chi connectivity index (χ4v) is 2.25. The van der Waals surface area contributed by atoms with Crippen LogP contribution in [0.3, 0.4) is 0 Å². The Hall–Kier alpha value is -1.10. The Bertz CT molecular complexity index is 304. The third-order valence-corrected chi connectivity index (χ3v) is 3.18. The molecule has 1 aliphatic carbocycles. The molecule has 0 spiro atoms. The van der Waals surface area contributed by atoms with Gasteiger partial charge in [-0.3, -0.25) is 9.59 Å². The smallest absolute Gasteiger partial charge is 0.237 e. The highest BCUT2D eigenvalue weighted by Crippen LogP contribution is 2.23. The van der Waals surface area contributed by atoms with Gasteiger partial charge in [-0.15, -0.1) is 0 Å². The first-order chi connectivity index (χ1) is 8.29. The molecule has 1 aliphatic rings. The number of primary amides is 1. The molecule has 1 fully saturated rings. The fraction of sp³-hybridized carbons (Fsp3) is 0.846. The molecule has 0 aromatic carbocycles. The van der Waals surface area contributed by atoms with E-state index in [0.717, 1.165) is 25.7 Å². The molecule has 1 rings (SSSR count). The van der Waals surface area contributed by atoms with Crippen molar-refractivity contribution in [2.24, 2.45) is 5.73 Å². The molecule has 0 aliphatic heterocycles. The van der Waals surface area contributed by atoms with Crippen LogP contribution < -0.4 is 11.1 Å². The Morgan fingerprint density at radius 2 is 1.83 bits per heavy atom. The molecule has 0 atom stereocenters. The van der Waals surface area contributed by atoms with Gasteiger partial charge >= 0.3 is 0 Å². The number of hydrogen-bond donors (Lipinski definition) is 2. The van der Waals surface area contributed by atoms with Gasteiger partial charge in [0.15, 0.2) is 0 Å². The number of nitrogens with one attached hydrogen (secondary N) is 1. The van der Waals surface area contributed by atoms with Crippen molar-refractivity contribution in [3.63, 3.8) is 0 Å². The van der Waals surface area contributed by atoms with Gasteiger partial charge in [-0.25, -0.2) is 0 Å². The number of rotatable bonds is 5. The monoisotopic (exact) mass is 255 g/mol. The summed E-state index contributed by atoms with van der Waals surface area (Å²) in [5, 5.41) is 3.16. The standard InChI is InChI=1S/C13H25N3O2/c1-13(2,3)15-8-12(18)16(9-11(14)17)10-6-4-5-7-10/h10,15H,4-9H2,1-3H3,(H2,14,17). The van der Waals surface area contributed by atoms with Gasteiger partial charge in [-0.1, -0.05) is 12.8 Å². The molecule has 0 saturated heterocycles. The predicted molar refractivity (Wildman–Crippen MR) is 70.9 cm³/mol.